The summed E-state index contributed by atoms with van der Waals surface area (Å²) in [6.07, 6.45) is 1.95. The molecule has 1 N–H and O–H groups in total. The second-order valence-electron chi connectivity index (χ2n) is 2.15. The predicted molar refractivity (Wildman–Crippen MR) is 50.9 cm³/mol. The lowest BCUT2D eigenvalue weighted by Gasteiger charge is -1.83. The van der Waals surface area contributed by atoms with Gasteiger partial charge in [0.25, 0.3) is 0 Å². The van der Waals surface area contributed by atoms with E-state index in [1.165, 1.54) is 10.9 Å². The summed E-state index contributed by atoms with van der Waals surface area (Å²) in [6.45, 7) is 0. The lowest BCUT2D eigenvalue weighted by atomic mass is 10.3. The number of hydrogen-bond acceptors (Lipinski definition) is 1. The van der Waals surface area contributed by atoms with Crippen molar-refractivity contribution in [1.29, 1.82) is 0 Å². The fourth-order valence-electron chi connectivity index (χ4n) is 0.995. The van der Waals surface area contributed by atoms with Crippen LogP contribution in [0.2, 0.25) is 0 Å². The number of benzene rings is 1. The summed E-state index contributed by atoms with van der Waals surface area (Å²) in [4.78, 5) is 11.7. The van der Waals surface area contributed by atoms with Crippen LogP contribution < -0.4 is 0 Å². The van der Waals surface area contributed by atoms with Crippen molar-refractivity contribution in [3.8, 4) is 0 Å². The molecule has 0 spiro atoms. The van der Waals surface area contributed by atoms with E-state index < -0.39 is 0 Å². The Balaban J connectivity index is 0.000000213. The van der Waals surface area contributed by atoms with Crippen LogP contribution in [-0.4, -0.2) is 10.7 Å². The fourth-order valence-corrected chi connectivity index (χ4v) is 0.995. The van der Waals surface area contributed by atoms with Gasteiger partial charge in [-0.05, 0) is 29.1 Å². The van der Waals surface area contributed by atoms with E-state index in [2.05, 4.69) is 34.8 Å². The first-order valence-electron chi connectivity index (χ1n) is 3.44. The highest BCUT2D eigenvalue weighted by Crippen LogP contribution is 2.09. The Hall–Kier alpha value is -1.28. The third-order valence-electron chi connectivity index (χ3n) is 1.46. The number of rotatable bonds is 0. The number of nitrogens with one attached hydrogen (secondary N) is 1. The third-order valence-corrected chi connectivity index (χ3v) is 1.46. The zero-order valence-electron chi connectivity index (χ0n) is 6.33. The molecule has 12 heavy (non-hydrogen) atoms. The molecule has 3 heteroatoms. The van der Waals surface area contributed by atoms with Crippen molar-refractivity contribution in [3.63, 3.8) is 0 Å². The number of carbonyl (C=O) groups is 1. The summed E-state index contributed by atoms with van der Waals surface area (Å²) < 4.78 is 0. The van der Waals surface area contributed by atoms with Gasteiger partial charge in [0.2, 0.25) is 5.75 Å². The summed E-state index contributed by atoms with van der Waals surface area (Å²) in [5, 5.41) is 1.28. The van der Waals surface area contributed by atoms with Crippen LogP contribution in [0.5, 0.6) is 0 Å². The average molecular weight is 182 g/mol. The summed E-state index contributed by atoms with van der Waals surface area (Å²) in [6, 6.07) is 10.3. The molecular formula is C9H8ClNO. The molecule has 0 saturated heterocycles. The molecule has 1 aromatic carbocycles. The van der Waals surface area contributed by atoms with Gasteiger partial charge in [0, 0.05) is 11.7 Å². The Kier molecular flexibility index (Phi) is 3.35. The number of halogens is 1. The van der Waals surface area contributed by atoms with Crippen molar-refractivity contribution in [2.45, 2.75) is 0 Å². The largest absolute Gasteiger partial charge is 0.361 e. The average Bonchev–Trinajstić information content (AvgIpc) is 2.52. The smallest absolute Gasteiger partial charge is 0.208 e. The Morgan fingerprint density at radius 1 is 1.25 bits per heavy atom. The predicted octanol–water partition coefficient (Wildman–Crippen LogP) is 2.58. The maximum atomic E-state index is 8.57. The van der Waals surface area contributed by atoms with Gasteiger partial charge in [-0.1, -0.05) is 18.2 Å². The molecule has 0 aliphatic carbocycles. The lowest BCUT2D eigenvalue weighted by molar-refractivity contribution is 0.569. The molecule has 2 nitrogen and oxygen atoms in total. The number of para-hydroxylation sites is 1. The molecule has 0 saturated carbocycles. The first-order chi connectivity index (χ1) is 5.88. The Labute approximate surface area is 75.2 Å². The van der Waals surface area contributed by atoms with E-state index in [1.54, 1.807) is 0 Å². The molecule has 0 bridgehead atoms. The quantitative estimate of drug-likeness (QED) is 0.492. The van der Waals surface area contributed by atoms with Gasteiger partial charge in [0.05, 0.1) is 0 Å². The molecule has 2 rings (SSSR count). The summed E-state index contributed by atoms with van der Waals surface area (Å²) in [5.74, 6) is 0.222. The van der Waals surface area contributed by atoms with Gasteiger partial charge in [-0.3, -0.25) is 4.79 Å². The maximum Gasteiger partial charge on any atom is 0.208 e. The van der Waals surface area contributed by atoms with Gasteiger partial charge in [-0.2, -0.15) is 0 Å². The van der Waals surface area contributed by atoms with Crippen LogP contribution in [0.3, 0.4) is 0 Å². The topological polar surface area (TPSA) is 32.9 Å². The van der Waals surface area contributed by atoms with Gasteiger partial charge >= 0.3 is 0 Å². The van der Waals surface area contributed by atoms with Crippen molar-refractivity contribution in [2.24, 2.45) is 0 Å². The summed E-state index contributed by atoms with van der Waals surface area (Å²) >= 11 is 4.32. The SMILES string of the molecule is O=CCl.c1ccc2[nH]ccc2c1. The molecule has 0 amide bonds. The van der Waals surface area contributed by atoms with E-state index in [-0.39, 0.29) is 5.75 Å². The minimum atomic E-state index is 0.222. The van der Waals surface area contributed by atoms with Crippen LogP contribution in [0.15, 0.2) is 36.5 Å². The van der Waals surface area contributed by atoms with Crippen molar-refractivity contribution in [1.82, 2.24) is 4.98 Å². The Bertz CT molecular complexity index is 326. The lowest BCUT2D eigenvalue weighted by Crippen LogP contribution is -1.61. The van der Waals surface area contributed by atoms with Crippen molar-refractivity contribution in [2.75, 3.05) is 0 Å². The van der Waals surface area contributed by atoms with E-state index in [0.29, 0.717) is 0 Å². The number of aromatic nitrogens is 1. The Morgan fingerprint density at radius 2 is 1.92 bits per heavy atom. The first-order valence-corrected chi connectivity index (χ1v) is 3.88. The second kappa shape index (κ2) is 4.57. The Morgan fingerprint density at radius 3 is 2.58 bits per heavy atom. The van der Waals surface area contributed by atoms with Gasteiger partial charge in [0.1, 0.15) is 0 Å². The summed E-state index contributed by atoms with van der Waals surface area (Å²) in [7, 11) is 0. The first kappa shape index (κ1) is 8.81. The van der Waals surface area contributed by atoms with Crippen LogP contribution in [-0.2, 0) is 4.79 Å². The van der Waals surface area contributed by atoms with E-state index in [0.717, 1.165) is 0 Å². The van der Waals surface area contributed by atoms with Crippen LogP contribution in [0.25, 0.3) is 10.9 Å². The van der Waals surface area contributed by atoms with E-state index >= 15 is 0 Å². The second-order valence-corrected chi connectivity index (χ2v) is 2.33. The molecular weight excluding hydrogens is 174 g/mol. The molecule has 1 aromatic heterocycles. The third kappa shape index (κ3) is 2.10. The number of carbonyl (C=O) groups excluding carboxylic acids is 1. The molecule has 0 aliphatic heterocycles. The van der Waals surface area contributed by atoms with Crippen molar-refractivity contribution < 1.29 is 4.79 Å². The van der Waals surface area contributed by atoms with Crippen LogP contribution in [0, 0.1) is 0 Å². The molecule has 0 aliphatic rings. The number of fused-ring (bicyclic) bond motifs is 1. The van der Waals surface area contributed by atoms with Gasteiger partial charge in [-0.25, -0.2) is 0 Å². The van der Waals surface area contributed by atoms with Crippen molar-refractivity contribution >= 4 is 28.2 Å². The minimum absolute atomic E-state index is 0.222. The molecule has 62 valence electrons. The van der Waals surface area contributed by atoms with Crippen LogP contribution in [0.4, 0.5) is 0 Å². The van der Waals surface area contributed by atoms with Gasteiger partial charge < -0.3 is 4.98 Å². The summed E-state index contributed by atoms with van der Waals surface area (Å²) in [5.41, 5.74) is 1.21. The zero-order valence-corrected chi connectivity index (χ0v) is 7.08. The van der Waals surface area contributed by atoms with E-state index in [9.17, 15) is 0 Å². The van der Waals surface area contributed by atoms with E-state index in [4.69, 9.17) is 4.79 Å². The highest BCUT2D eigenvalue weighted by atomic mass is 35.5. The van der Waals surface area contributed by atoms with Crippen molar-refractivity contribution in [3.05, 3.63) is 36.5 Å². The van der Waals surface area contributed by atoms with Crippen LogP contribution >= 0.6 is 11.6 Å². The maximum absolute atomic E-state index is 8.57. The fraction of sp³-hybridized carbons (Fsp3) is 0. The molecule has 0 fully saturated rings. The highest BCUT2D eigenvalue weighted by Gasteiger charge is 1.86. The van der Waals surface area contributed by atoms with Crippen LogP contribution in [0.1, 0.15) is 0 Å². The number of hydrogen-bond donors (Lipinski definition) is 1. The highest BCUT2D eigenvalue weighted by molar-refractivity contribution is 6.54. The normalized spacial score (nSPS) is 8.75. The van der Waals surface area contributed by atoms with Gasteiger partial charge in [-0.15, -0.1) is 0 Å². The minimum Gasteiger partial charge on any atom is -0.361 e. The molecule has 0 atom stereocenters. The van der Waals surface area contributed by atoms with Gasteiger partial charge in [0.15, 0.2) is 0 Å². The standard InChI is InChI=1S/C8H7N.CHClO/c1-2-4-8-7(3-1)5-6-9-8;2-1-3/h1-6,9H;1H. The molecule has 0 radical (unpaired) electrons. The number of aromatic amines is 1. The zero-order chi connectivity index (χ0) is 8.81. The molecule has 0 unspecified atom stereocenters. The molecule has 1 heterocycles. The monoisotopic (exact) mass is 181 g/mol. The number of H-pyrrole nitrogens is 1. The molecule has 2 aromatic rings. The van der Waals surface area contributed by atoms with E-state index in [1.807, 2.05) is 18.3 Å².